The van der Waals surface area contributed by atoms with Crippen molar-refractivity contribution in [1.82, 2.24) is 5.32 Å². The number of benzene rings is 2. The Labute approximate surface area is 165 Å². The topological polar surface area (TPSA) is 56.8 Å². The number of methoxy groups -OCH3 is 1. The Morgan fingerprint density at radius 3 is 2.41 bits per heavy atom. The fraction of sp³-hybridized carbons (Fsp3) is 0.381. The third kappa shape index (κ3) is 5.82. The summed E-state index contributed by atoms with van der Waals surface area (Å²) in [5, 5.41) is 2.95. The number of ether oxygens (including phenoxy) is 3. The molecule has 1 amide bonds. The summed E-state index contributed by atoms with van der Waals surface area (Å²) in [6.45, 7) is 5.57. The van der Waals surface area contributed by atoms with Gasteiger partial charge in [0.25, 0.3) is 5.91 Å². The summed E-state index contributed by atoms with van der Waals surface area (Å²) < 4.78 is 16.6. The molecule has 27 heavy (non-hydrogen) atoms. The summed E-state index contributed by atoms with van der Waals surface area (Å²) >= 11 is 1.61. The van der Waals surface area contributed by atoms with Crippen molar-refractivity contribution in [3.8, 4) is 17.2 Å². The van der Waals surface area contributed by atoms with Crippen molar-refractivity contribution in [3.63, 3.8) is 0 Å². The number of carbonyl (C=O) groups is 1. The second-order valence-electron chi connectivity index (χ2n) is 5.72. The Morgan fingerprint density at radius 1 is 1.00 bits per heavy atom. The molecule has 0 aromatic heterocycles. The molecule has 0 aliphatic carbocycles. The molecule has 0 saturated carbocycles. The molecule has 6 heteroatoms. The van der Waals surface area contributed by atoms with Gasteiger partial charge in [-0.2, -0.15) is 0 Å². The van der Waals surface area contributed by atoms with E-state index < -0.39 is 0 Å². The molecular formula is C21H27NO4S. The number of amides is 1. The molecule has 2 aromatic carbocycles. The molecule has 2 aromatic rings. The van der Waals surface area contributed by atoms with Crippen molar-refractivity contribution >= 4 is 17.7 Å². The van der Waals surface area contributed by atoms with Crippen molar-refractivity contribution in [3.05, 3.63) is 47.5 Å². The maximum Gasteiger partial charge on any atom is 0.255 e. The van der Waals surface area contributed by atoms with Gasteiger partial charge in [0.2, 0.25) is 0 Å². The zero-order valence-electron chi connectivity index (χ0n) is 16.3. The van der Waals surface area contributed by atoms with Crippen LogP contribution in [0.3, 0.4) is 0 Å². The van der Waals surface area contributed by atoms with E-state index in [1.54, 1.807) is 24.9 Å². The average molecular weight is 390 g/mol. The van der Waals surface area contributed by atoms with Gasteiger partial charge in [-0.1, -0.05) is 6.07 Å². The lowest BCUT2D eigenvalue weighted by molar-refractivity contribution is 0.0951. The normalized spacial score (nSPS) is 10.4. The molecule has 5 nitrogen and oxygen atoms in total. The quantitative estimate of drug-likeness (QED) is 0.618. The van der Waals surface area contributed by atoms with E-state index in [-0.39, 0.29) is 5.91 Å². The summed E-state index contributed by atoms with van der Waals surface area (Å²) in [7, 11) is 1.57. The predicted molar refractivity (Wildman–Crippen MR) is 110 cm³/mol. The SMILES string of the molecule is CCOc1ccc(CCNC(=O)c2ccc(SC)cc2OC)cc1OCC. The van der Waals surface area contributed by atoms with E-state index in [2.05, 4.69) is 5.32 Å². The summed E-state index contributed by atoms with van der Waals surface area (Å²) in [5.41, 5.74) is 1.61. The van der Waals surface area contributed by atoms with Gasteiger partial charge in [0, 0.05) is 11.4 Å². The van der Waals surface area contributed by atoms with E-state index in [1.165, 1.54) is 0 Å². The molecule has 1 N–H and O–H groups in total. The predicted octanol–water partition coefficient (Wildman–Crippen LogP) is 4.19. The van der Waals surface area contributed by atoms with Crippen LogP contribution in [0.2, 0.25) is 0 Å². The average Bonchev–Trinajstić information content (AvgIpc) is 2.69. The molecule has 0 radical (unpaired) electrons. The van der Waals surface area contributed by atoms with Crippen molar-refractivity contribution < 1.29 is 19.0 Å². The van der Waals surface area contributed by atoms with Crippen LogP contribution in [-0.2, 0) is 6.42 Å². The Hall–Kier alpha value is -2.34. The smallest absolute Gasteiger partial charge is 0.255 e. The fourth-order valence-electron chi connectivity index (χ4n) is 2.65. The van der Waals surface area contributed by atoms with Crippen LogP contribution in [0.4, 0.5) is 0 Å². The fourth-order valence-corrected chi connectivity index (χ4v) is 3.08. The van der Waals surface area contributed by atoms with Gasteiger partial charge in [-0.25, -0.2) is 0 Å². The summed E-state index contributed by atoms with van der Waals surface area (Å²) in [4.78, 5) is 13.5. The zero-order valence-corrected chi connectivity index (χ0v) is 17.2. The van der Waals surface area contributed by atoms with Crippen LogP contribution in [0.5, 0.6) is 17.2 Å². The summed E-state index contributed by atoms with van der Waals surface area (Å²) in [6.07, 6.45) is 2.69. The van der Waals surface area contributed by atoms with Gasteiger partial charge in [0.1, 0.15) is 5.75 Å². The van der Waals surface area contributed by atoms with Crippen LogP contribution in [-0.4, -0.2) is 39.0 Å². The minimum atomic E-state index is -0.143. The standard InChI is InChI=1S/C21H27NO4S/c1-5-25-18-10-7-15(13-20(18)26-6-2)11-12-22-21(23)17-9-8-16(27-4)14-19(17)24-3/h7-10,13-14H,5-6,11-12H2,1-4H3,(H,22,23). The Morgan fingerprint density at radius 2 is 1.74 bits per heavy atom. The molecule has 0 spiro atoms. The Balaban J connectivity index is 1.99. The molecule has 0 heterocycles. The minimum Gasteiger partial charge on any atom is -0.496 e. The first kappa shape index (κ1) is 21.0. The molecule has 0 aliphatic rings. The van der Waals surface area contributed by atoms with E-state index in [9.17, 15) is 4.79 Å². The maximum absolute atomic E-state index is 12.5. The van der Waals surface area contributed by atoms with E-state index in [0.29, 0.717) is 37.5 Å². The second-order valence-corrected chi connectivity index (χ2v) is 6.60. The monoisotopic (exact) mass is 389 g/mol. The van der Waals surface area contributed by atoms with Crippen LogP contribution >= 0.6 is 11.8 Å². The lowest BCUT2D eigenvalue weighted by Crippen LogP contribution is -2.26. The Bertz CT molecular complexity index is 764. The molecule has 0 bridgehead atoms. The highest BCUT2D eigenvalue weighted by Crippen LogP contribution is 2.29. The highest BCUT2D eigenvalue weighted by atomic mass is 32.2. The van der Waals surface area contributed by atoms with Gasteiger partial charge < -0.3 is 19.5 Å². The first-order chi connectivity index (χ1) is 13.1. The summed E-state index contributed by atoms with van der Waals surface area (Å²) in [5.74, 6) is 1.91. The first-order valence-corrected chi connectivity index (χ1v) is 10.2. The number of thioether (sulfide) groups is 1. The van der Waals surface area contributed by atoms with E-state index >= 15 is 0 Å². The first-order valence-electron chi connectivity index (χ1n) is 9.01. The van der Waals surface area contributed by atoms with Crippen molar-refractivity contribution in [2.45, 2.75) is 25.2 Å². The Kier molecular flexibility index (Phi) is 8.33. The third-order valence-electron chi connectivity index (χ3n) is 3.96. The molecule has 0 saturated heterocycles. The number of rotatable bonds is 10. The van der Waals surface area contributed by atoms with Gasteiger partial charge in [-0.05, 0) is 62.4 Å². The maximum atomic E-state index is 12.5. The molecule has 0 aliphatic heterocycles. The number of nitrogens with one attached hydrogen (secondary N) is 1. The van der Waals surface area contributed by atoms with Crippen molar-refractivity contribution in [2.75, 3.05) is 33.1 Å². The van der Waals surface area contributed by atoms with Crippen LogP contribution in [0, 0.1) is 0 Å². The van der Waals surface area contributed by atoms with Gasteiger partial charge in [0.05, 0.1) is 25.9 Å². The molecule has 146 valence electrons. The molecule has 0 atom stereocenters. The minimum absolute atomic E-state index is 0.143. The van der Waals surface area contributed by atoms with Crippen molar-refractivity contribution in [2.24, 2.45) is 0 Å². The number of hydrogen-bond donors (Lipinski definition) is 1. The van der Waals surface area contributed by atoms with Crippen LogP contribution in [0.1, 0.15) is 29.8 Å². The molecule has 0 unspecified atom stereocenters. The molecule has 0 fully saturated rings. The largest absolute Gasteiger partial charge is 0.496 e. The highest BCUT2D eigenvalue weighted by Gasteiger charge is 2.13. The van der Waals surface area contributed by atoms with E-state index in [0.717, 1.165) is 22.0 Å². The zero-order chi connectivity index (χ0) is 19.6. The van der Waals surface area contributed by atoms with E-state index in [1.807, 2.05) is 50.4 Å². The molecular weight excluding hydrogens is 362 g/mol. The van der Waals surface area contributed by atoms with Crippen molar-refractivity contribution in [1.29, 1.82) is 0 Å². The summed E-state index contributed by atoms with van der Waals surface area (Å²) in [6, 6.07) is 11.5. The van der Waals surface area contributed by atoms with E-state index in [4.69, 9.17) is 14.2 Å². The van der Waals surface area contributed by atoms with Gasteiger partial charge >= 0.3 is 0 Å². The third-order valence-corrected chi connectivity index (χ3v) is 4.69. The van der Waals surface area contributed by atoms with Gasteiger partial charge in [0.15, 0.2) is 11.5 Å². The van der Waals surface area contributed by atoms with Crippen LogP contribution in [0.25, 0.3) is 0 Å². The van der Waals surface area contributed by atoms with Gasteiger partial charge in [-0.3, -0.25) is 4.79 Å². The highest BCUT2D eigenvalue weighted by molar-refractivity contribution is 7.98. The molecule has 2 rings (SSSR count). The lowest BCUT2D eigenvalue weighted by Gasteiger charge is -2.13. The second kappa shape index (κ2) is 10.7. The van der Waals surface area contributed by atoms with Crippen LogP contribution < -0.4 is 19.5 Å². The lowest BCUT2D eigenvalue weighted by atomic mass is 10.1. The van der Waals surface area contributed by atoms with Gasteiger partial charge in [-0.15, -0.1) is 11.8 Å². The number of hydrogen-bond acceptors (Lipinski definition) is 5. The number of carbonyl (C=O) groups excluding carboxylic acids is 1. The van der Waals surface area contributed by atoms with Crippen LogP contribution in [0.15, 0.2) is 41.3 Å².